The zero-order valence-electron chi connectivity index (χ0n) is 10.5. The van der Waals surface area contributed by atoms with Crippen LogP contribution >= 0.6 is 0 Å². The lowest BCUT2D eigenvalue weighted by Crippen LogP contribution is -2.07. The molecule has 0 aliphatic heterocycles. The van der Waals surface area contributed by atoms with Crippen LogP contribution in [0.5, 0.6) is 0 Å². The molecule has 0 radical (unpaired) electrons. The Bertz CT molecular complexity index is 381. The van der Waals surface area contributed by atoms with E-state index in [1.54, 1.807) is 13.8 Å². The summed E-state index contributed by atoms with van der Waals surface area (Å²) in [6.45, 7) is 5.59. The molecule has 0 saturated carbocycles. The van der Waals surface area contributed by atoms with Crippen LogP contribution in [0.2, 0.25) is 0 Å². The lowest BCUT2D eigenvalue weighted by molar-refractivity contribution is -0.138. The van der Waals surface area contributed by atoms with Crippen LogP contribution in [0.3, 0.4) is 0 Å². The highest BCUT2D eigenvalue weighted by molar-refractivity contribution is 7.85. The summed E-state index contributed by atoms with van der Waals surface area (Å²) in [4.78, 5) is 11.4. The van der Waals surface area contributed by atoms with Crippen molar-refractivity contribution in [3.63, 3.8) is 0 Å². The fourth-order valence-corrected chi connectivity index (χ4v) is 1.84. The number of esters is 1. The molecule has 100 valence electrons. The Morgan fingerprint density at radius 2 is 1.82 bits per heavy atom. The highest BCUT2D eigenvalue weighted by atomic mass is 32.2. The first-order valence-electron chi connectivity index (χ1n) is 5.56. The van der Waals surface area contributed by atoms with Gasteiger partial charge in [0.2, 0.25) is 0 Å². The van der Waals surface area contributed by atoms with E-state index >= 15 is 0 Å². The molecular formula is C11H20O5S. The number of hydrogen-bond acceptors (Lipinski definition) is 4. The summed E-state index contributed by atoms with van der Waals surface area (Å²) in [7, 11) is -3.87. The molecule has 0 unspecified atom stereocenters. The predicted octanol–water partition coefficient (Wildman–Crippen LogP) is 1.94. The fraction of sp³-hybridized carbons (Fsp3) is 0.727. The van der Waals surface area contributed by atoms with E-state index in [9.17, 15) is 13.2 Å². The molecule has 0 bridgehead atoms. The third-order valence-electron chi connectivity index (χ3n) is 2.43. The predicted molar refractivity (Wildman–Crippen MR) is 65.3 cm³/mol. The maximum atomic E-state index is 11.4. The third kappa shape index (κ3) is 7.93. The lowest BCUT2D eigenvalue weighted by Gasteiger charge is -2.07. The number of ether oxygens (including phenoxy) is 1. The van der Waals surface area contributed by atoms with Crippen molar-refractivity contribution in [2.45, 2.75) is 40.0 Å². The van der Waals surface area contributed by atoms with Gasteiger partial charge in [-0.15, -0.1) is 0 Å². The van der Waals surface area contributed by atoms with Crippen molar-refractivity contribution in [3.8, 4) is 0 Å². The fourth-order valence-electron chi connectivity index (χ4n) is 1.28. The van der Waals surface area contributed by atoms with Crippen molar-refractivity contribution >= 4 is 16.1 Å². The monoisotopic (exact) mass is 264 g/mol. The van der Waals surface area contributed by atoms with Gasteiger partial charge in [0, 0.05) is 5.57 Å². The Labute approximate surface area is 103 Å². The maximum Gasteiger partial charge on any atom is 0.333 e. The van der Waals surface area contributed by atoms with E-state index in [0.717, 1.165) is 5.57 Å². The summed E-state index contributed by atoms with van der Waals surface area (Å²) in [5, 5.41) is 0. The SMILES string of the molecule is CCOC(=O)C(C)=C(C)CCCCS(=O)(=O)O. The molecule has 0 rings (SSSR count). The number of allylic oxidation sites excluding steroid dienone is 1. The van der Waals surface area contributed by atoms with Crippen LogP contribution in [-0.4, -0.2) is 31.3 Å². The number of carbonyl (C=O) groups is 1. The molecule has 0 fully saturated rings. The first kappa shape index (κ1) is 16.1. The molecule has 0 aliphatic carbocycles. The number of carbonyl (C=O) groups excluding carboxylic acids is 1. The van der Waals surface area contributed by atoms with Crippen LogP contribution < -0.4 is 0 Å². The number of unbranched alkanes of at least 4 members (excludes halogenated alkanes) is 1. The van der Waals surface area contributed by atoms with Crippen LogP contribution in [0.15, 0.2) is 11.1 Å². The van der Waals surface area contributed by atoms with Crippen molar-refractivity contribution in [3.05, 3.63) is 11.1 Å². The molecule has 0 saturated heterocycles. The van der Waals surface area contributed by atoms with Gasteiger partial charge in [-0.2, -0.15) is 8.42 Å². The van der Waals surface area contributed by atoms with Gasteiger partial charge in [0.15, 0.2) is 0 Å². The molecule has 0 atom stereocenters. The number of rotatable bonds is 7. The molecule has 5 nitrogen and oxygen atoms in total. The average molecular weight is 264 g/mol. The summed E-state index contributed by atoms with van der Waals surface area (Å²) < 4.78 is 34.3. The Balaban J connectivity index is 4.12. The normalized spacial score (nSPS) is 13.2. The van der Waals surface area contributed by atoms with Crippen LogP contribution in [0.25, 0.3) is 0 Å². The van der Waals surface area contributed by atoms with Gasteiger partial charge in [0.05, 0.1) is 12.4 Å². The maximum absolute atomic E-state index is 11.4. The lowest BCUT2D eigenvalue weighted by atomic mass is 10.1. The number of hydrogen-bond donors (Lipinski definition) is 1. The first-order chi connectivity index (χ1) is 7.78. The second-order valence-electron chi connectivity index (χ2n) is 3.87. The molecule has 0 heterocycles. The van der Waals surface area contributed by atoms with Crippen molar-refractivity contribution in [1.82, 2.24) is 0 Å². The minimum atomic E-state index is -3.87. The standard InChI is InChI=1S/C11H20O5S/c1-4-16-11(12)10(3)9(2)7-5-6-8-17(13,14)15/h4-8H2,1-3H3,(H,13,14,15). The second-order valence-corrected chi connectivity index (χ2v) is 5.44. The van der Waals surface area contributed by atoms with Crippen molar-refractivity contribution in [2.75, 3.05) is 12.4 Å². The van der Waals surface area contributed by atoms with E-state index in [1.165, 1.54) is 0 Å². The van der Waals surface area contributed by atoms with E-state index in [2.05, 4.69) is 0 Å². The van der Waals surface area contributed by atoms with Gasteiger partial charge in [-0.3, -0.25) is 4.55 Å². The van der Waals surface area contributed by atoms with E-state index in [4.69, 9.17) is 9.29 Å². The van der Waals surface area contributed by atoms with Gasteiger partial charge in [-0.25, -0.2) is 4.79 Å². The van der Waals surface area contributed by atoms with Gasteiger partial charge in [-0.05, 0) is 40.0 Å². The molecule has 0 spiro atoms. The summed E-state index contributed by atoms with van der Waals surface area (Å²) in [6.07, 6.45) is 1.62. The van der Waals surface area contributed by atoms with Crippen molar-refractivity contribution in [2.24, 2.45) is 0 Å². The highest BCUT2D eigenvalue weighted by Gasteiger charge is 2.09. The smallest absolute Gasteiger partial charge is 0.333 e. The molecular weight excluding hydrogens is 244 g/mol. The molecule has 0 aliphatic rings. The molecule has 0 amide bonds. The Hall–Kier alpha value is -0.880. The van der Waals surface area contributed by atoms with Crippen LogP contribution in [0, 0.1) is 0 Å². The van der Waals surface area contributed by atoms with Crippen LogP contribution in [0.4, 0.5) is 0 Å². The minimum absolute atomic E-state index is 0.237. The zero-order chi connectivity index (χ0) is 13.5. The summed E-state index contributed by atoms with van der Waals surface area (Å²) in [5.41, 5.74) is 1.46. The van der Waals surface area contributed by atoms with E-state index in [-0.39, 0.29) is 11.7 Å². The van der Waals surface area contributed by atoms with Gasteiger partial charge in [0.1, 0.15) is 0 Å². The van der Waals surface area contributed by atoms with Gasteiger partial charge >= 0.3 is 5.97 Å². The average Bonchev–Trinajstić information content (AvgIpc) is 2.22. The van der Waals surface area contributed by atoms with E-state index in [0.29, 0.717) is 31.4 Å². The van der Waals surface area contributed by atoms with Gasteiger partial charge in [-0.1, -0.05) is 5.57 Å². The van der Waals surface area contributed by atoms with Crippen molar-refractivity contribution in [1.29, 1.82) is 0 Å². The first-order valence-corrected chi connectivity index (χ1v) is 7.17. The summed E-state index contributed by atoms with van der Waals surface area (Å²) in [6, 6.07) is 0. The van der Waals surface area contributed by atoms with E-state index in [1.807, 2.05) is 6.92 Å². The zero-order valence-corrected chi connectivity index (χ0v) is 11.3. The molecule has 0 aromatic heterocycles. The Morgan fingerprint density at radius 1 is 1.24 bits per heavy atom. The summed E-state index contributed by atoms with van der Waals surface area (Å²) in [5.74, 6) is -0.571. The second kappa shape index (κ2) is 7.45. The molecule has 0 aromatic rings. The van der Waals surface area contributed by atoms with Crippen LogP contribution in [-0.2, 0) is 19.6 Å². The largest absolute Gasteiger partial charge is 0.463 e. The molecule has 0 aromatic carbocycles. The molecule has 6 heteroatoms. The minimum Gasteiger partial charge on any atom is -0.463 e. The van der Waals surface area contributed by atoms with Crippen LogP contribution in [0.1, 0.15) is 40.0 Å². The quantitative estimate of drug-likeness (QED) is 0.329. The Kier molecular flexibility index (Phi) is 7.06. The van der Waals surface area contributed by atoms with E-state index < -0.39 is 10.1 Å². The molecule has 1 N–H and O–H groups in total. The van der Waals surface area contributed by atoms with Gasteiger partial charge in [0.25, 0.3) is 10.1 Å². The highest BCUT2D eigenvalue weighted by Crippen LogP contribution is 2.13. The third-order valence-corrected chi connectivity index (χ3v) is 3.23. The topological polar surface area (TPSA) is 80.7 Å². The summed E-state index contributed by atoms with van der Waals surface area (Å²) >= 11 is 0. The molecule has 17 heavy (non-hydrogen) atoms. The van der Waals surface area contributed by atoms with Crippen molar-refractivity contribution < 1.29 is 22.5 Å². The van der Waals surface area contributed by atoms with Gasteiger partial charge < -0.3 is 4.74 Å². The Morgan fingerprint density at radius 3 is 2.29 bits per heavy atom.